The van der Waals surface area contributed by atoms with Gasteiger partial charge < -0.3 is 14.8 Å². The zero-order chi connectivity index (χ0) is 14.8. The van der Waals surface area contributed by atoms with E-state index in [1.165, 1.54) is 6.92 Å². The van der Waals surface area contributed by atoms with Gasteiger partial charge in [0.2, 0.25) is 0 Å². The molecule has 2 heterocycles. The third-order valence-corrected chi connectivity index (χ3v) is 3.08. The molecular weight excluding hydrogens is 262 g/mol. The predicted molar refractivity (Wildman–Crippen MR) is 71.2 cm³/mol. The quantitative estimate of drug-likeness (QED) is 0.836. The van der Waals surface area contributed by atoms with E-state index in [0.717, 1.165) is 13.0 Å². The summed E-state index contributed by atoms with van der Waals surface area (Å²) in [5.74, 6) is -0.890. The van der Waals surface area contributed by atoms with E-state index in [-0.39, 0.29) is 6.04 Å². The van der Waals surface area contributed by atoms with Crippen LogP contribution in [0.5, 0.6) is 0 Å². The van der Waals surface area contributed by atoms with Crippen LogP contribution in [-0.2, 0) is 19.1 Å². The summed E-state index contributed by atoms with van der Waals surface area (Å²) in [6.45, 7) is 5.71. The molecule has 0 spiro atoms. The second-order valence-corrected chi connectivity index (χ2v) is 5.28. The second-order valence-electron chi connectivity index (χ2n) is 5.28. The topological polar surface area (TPSA) is 82.5 Å². The van der Waals surface area contributed by atoms with Gasteiger partial charge in [-0.05, 0) is 20.3 Å². The van der Waals surface area contributed by atoms with Gasteiger partial charge in [-0.1, -0.05) is 0 Å². The molecule has 7 nitrogen and oxygen atoms in total. The number of carbonyl (C=O) groups excluding carboxylic acids is 2. The zero-order valence-electron chi connectivity index (χ0n) is 11.9. The van der Waals surface area contributed by atoms with Crippen LogP contribution in [0.25, 0.3) is 0 Å². The van der Waals surface area contributed by atoms with E-state index >= 15 is 0 Å². The summed E-state index contributed by atoms with van der Waals surface area (Å²) in [6, 6.07) is 0.210. The number of aromatic nitrogens is 2. The molecule has 20 heavy (non-hydrogen) atoms. The molecule has 1 atom stereocenters. The Morgan fingerprint density at radius 3 is 2.90 bits per heavy atom. The van der Waals surface area contributed by atoms with Crippen molar-refractivity contribution in [2.75, 3.05) is 18.5 Å². The monoisotopic (exact) mass is 281 g/mol. The Balaban J connectivity index is 1.99. The van der Waals surface area contributed by atoms with Gasteiger partial charge in [0, 0.05) is 19.7 Å². The molecule has 1 fully saturated rings. The molecule has 0 radical (unpaired) electrons. The minimum atomic E-state index is -1.22. The fourth-order valence-corrected chi connectivity index (χ4v) is 2.02. The Labute approximate surface area is 117 Å². The Hall–Kier alpha value is -1.89. The second kappa shape index (κ2) is 5.62. The van der Waals surface area contributed by atoms with Crippen molar-refractivity contribution in [2.45, 2.75) is 38.8 Å². The summed E-state index contributed by atoms with van der Waals surface area (Å²) in [5.41, 5.74) is -0.646. The van der Waals surface area contributed by atoms with E-state index in [0.29, 0.717) is 12.3 Å². The Morgan fingerprint density at radius 1 is 1.55 bits per heavy atom. The maximum absolute atomic E-state index is 12.1. The van der Waals surface area contributed by atoms with Crippen LogP contribution in [0.15, 0.2) is 12.4 Å². The van der Waals surface area contributed by atoms with Crippen LogP contribution < -0.4 is 5.32 Å². The summed E-state index contributed by atoms with van der Waals surface area (Å²) in [6.07, 6.45) is 4.23. The van der Waals surface area contributed by atoms with Crippen LogP contribution in [0.4, 0.5) is 5.69 Å². The first-order valence-electron chi connectivity index (χ1n) is 6.51. The molecule has 0 aromatic carbocycles. The molecule has 1 aromatic heterocycles. The molecule has 1 aromatic rings. The molecule has 2 rings (SSSR count). The van der Waals surface area contributed by atoms with E-state index < -0.39 is 17.5 Å². The highest BCUT2D eigenvalue weighted by atomic mass is 16.6. The van der Waals surface area contributed by atoms with Crippen molar-refractivity contribution in [3.8, 4) is 0 Å². The third kappa shape index (κ3) is 3.36. The average Bonchev–Trinajstić information content (AvgIpc) is 2.95. The molecule has 0 unspecified atom stereocenters. The highest BCUT2D eigenvalue weighted by Gasteiger charge is 2.31. The Kier molecular flexibility index (Phi) is 4.08. The predicted octanol–water partition coefficient (Wildman–Crippen LogP) is 1.12. The number of amides is 1. The number of esters is 1. The highest BCUT2D eigenvalue weighted by molar-refractivity contribution is 5.97. The van der Waals surface area contributed by atoms with Gasteiger partial charge in [-0.3, -0.25) is 14.3 Å². The van der Waals surface area contributed by atoms with Gasteiger partial charge in [-0.15, -0.1) is 0 Å². The fourth-order valence-electron chi connectivity index (χ4n) is 2.02. The molecule has 0 aliphatic carbocycles. The van der Waals surface area contributed by atoms with Gasteiger partial charge in [-0.2, -0.15) is 5.10 Å². The molecule has 1 aliphatic heterocycles. The van der Waals surface area contributed by atoms with E-state index in [4.69, 9.17) is 9.47 Å². The van der Waals surface area contributed by atoms with Crippen molar-refractivity contribution in [3.05, 3.63) is 12.4 Å². The van der Waals surface area contributed by atoms with Gasteiger partial charge in [0.15, 0.2) is 5.60 Å². The van der Waals surface area contributed by atoms with Gasteiger partial charge >= 0.3 is 5.97 Å². The van der Waals surface area contributed by atoms with Crippen molar-refractivity contribution in [3.63, 3.8) is 0 Å². The summed E-state index contributed by atoms with van der Waals surface area (Å²) in [7, 11) is 0. The number of rotatable bonds is 4. The molecule has 0 saturated carbocycles. The van der Waals surface area contributed by atoms with Crippen LogP contribution in [0, 0.1) is 0 Å². The standard InChI is InChI=1S/C13H19N3O4/c1-9(17)20-13(2,3)12(18)15-10-6-14-16(7-10)11-4-5-19-8-11/h6-7,11H,4-5,8H2,1-3H3,(H,15,18)/t11-/m0/s1. The van der Waals surface area contributed by atoms with Crippen LogP contribution in [0.1, 0.15) is 33.2 Å². The van der Waals surface area contributed by atoms with Crippen molar-refractivity contribution in [1.29, 1.82) is 0 Å². The molecule has 110 valence electrons. The van der Waals surface area contributed by atoms with Crippen LogP contribution in [-0.4, -0.2) is 40.5 Å². The number of hydrogen-bond donors (Lipinski definition) is 1. The van der Waals surface area contributed by atoms with Gasteiger partial charge in [0.1, 0.15) is 0 Å². The maximum atomic E-state index is 12.1. The van der Waals surface area contributed by atoms with Crippen LogP contribution in [0.3, 0.4) is 0 Å². The number of hydrogen-bond acceptors (Lipinski definition) is 5. The maximum Gasteiger partial charge on any atom is 0.303 e. The summed E-state index contributed by atoms with van der Waals surface area (Å²) < 4.78 is 12.1. The fraction of sp³-hybridized carbons (Fsp3) is 0.615. The van der Waals surface area contributed by atoms with Crippen molar-refractivity contribution in [2.24, 2.45) is 0 Å². The van der Waals surface area contributed by atoms with Crippen molar-refractivity contribution in [1.82, 2.24) is 9.78 Å². The van der Waals surface area contributed by atoms with E-state index in [1.54, 1.807) is 30.9 Å². The number of nitrogens with zero attached hydrogens (tertiary/aromatic N) is 2. The zero-order valence-corrected chi connectivity index (χ0v) is 11.9. The van der Waals surface area contributed by atoms with Crippen LogP contribution in [0.2, 0.25) is 0 Å². The van der Waals surface area contributed by atoms with Gasteiger partial charge in [-0.25, -0.2) is 0 Å². The molecule has 7 heteroatoms. The lowest BCUT2D eigenvalue weighted by Gasteiger charge is -2.22. The van der Waals surface area contributed by atoms with Gasteiger partial charge in [0.25, 0.3) is 5.91 Å². The number of ether oxygens (including phenoxy) is 2. The number of anilines is 1. The molecule has 1 amide bonds. The molecule has 1 aliphatic rings. The number of nitrogens with one attached hydrogen (secondary N) is 1. The summed E-state index contributed by atoms with van der Waals surface area (Å²) >= 11 is 0. The van der Waals surface area contributed by atoms with Gasteiger partial charge in [0.05, 0.1) is 24.5 Å². The first-order chi connectivity index (χ1) is 9.38. The van der Waals surface area contributed by atoms with Crippen molar-refractivity contribution < 1.29 is 19.1 Å². The molecule has 1 saturated heterocycles. The smallest absolute Gasteiger partial charge is 0.303 e. The molecular formula is C13H19N3O4. The minimum Gasteiger partial charge on any atom is -0.450 e. The Morgan fingerprint density at radius 2 is 2.30 bits per heavy atom. The van der Waals surface area contributed by atoms with Crippen molar-refractivity contribution >= 4 is 17.6 Å². The summed E-state index contributed by atoms with van der Waals surface area (Å²) in [4.78, 5) is 23.0. The van der Waals surface area contributed by atoms with E-state index in [9.17, 15) is 9.59 Å². The lowest BCUT2D eigenvalue weighted by molar-refractivity contribution is -0.160. The largest absolute Gasteiger partial charge is 0.450 e. The lowest BCUT2D eigenvalue weighted by Crippen LogP contribution is -2.41. The normalized spacial score (nSPS) is 18.9. The third-order valence-electron chi connectivity index (χ3n) is 3.08. The van der Waals surface area contributed by atoms with E-state index in [2.05, 4.69) is 10.4 Å². The lowest BCUT2D eigenvalue weighted by atomic mass is 10.1. The van der Waals surface area contributed by atoms with E-state index in [1.807, 2.05) is 0 Å². The Bertz CT molecular complexity index is 503. The average molecular weight is 281 g/mol. The highest BCUT2D eigenvalue weighted by Crippen LogP contribution is 2.20. The number of carbonyl (C=O) groups is 2. The molecule has 0 bridgehead atoms. The molecule has 1 N–H and O–H groups in total. The first kappa shape index (κ1) is 14.5. The SMILES string of the molecule is CC(=O)OC(C)(C)C(=O)Nc1cnn([C@H]2CCOC2)c1. The first-order valence-corrected chi connectivity index (χ1v) is 6.51. The summed E-state index contributed by atoms with van der Waals surface area (Å²) in [5, 5.41) is 6.90. The van der Waals surface area contributed by atoms with Crippen LogP contribution >= 0.6 is 0 Å². The minimum absolute atomic E-state index is 0.210.